The molecule has 2 aromatic heterocycles. The van der Waals surface area contributed by atoms with Gasteiger partial charge in [-0.15, -0.1) is 59.9 Å². The number of thiazole rings is 2. The predicted molar refractivity (Wildman–Crippen MR) is 286 cm³/mol. The molecular formula is C47H65Cl3N10O10S2. The normalized spacial score (nSPS) is 13.8. The first-order valence-corrected chi connectivity index (χ1v) is 24.7. The van der Waals surface area contributed by atoms with Gasteiger partial charge in [-0.05, 0) is 46.5 Å². The summed E-state index contributed by atoms with van der Waals surface area (Å²) >= 11 is 2.98. The Labute approximate surface area is 445 Å². The Morgan fingerprint density at radius 3 is 1.51 bits per heavy atom. The zero-order valence-electron chi connectivity index (χ0n) is 40.4. The minimum Gasteiger partial charge on any atom is -0.481 e. The van der Waals surface area contributed by atoms with Crippen LogP contribution >= 0.6 is 59.9 Å². The summed E-state index contributed by atoms with van der Waals surface area (Å²) in [5.74, 6) is -2.18. The number of hydrogen-bond donors (Lipinski definition) is 6. The Balaban J connectivity index is 0.000000488. The zero-order valence-corrected chi connectivity index (χ0v) is 44.5. The molecule has 2 aromatic carbocycles. The highest BCUT2D eigenvalue weighted by molar-refractivity contribution is 7.14. The second-order valence-electron chi connectivity index (χ2n) is 16.1. The Kier molecular flexibility index (Phi) is 27.6. The van der Waals surface area contributed by atoms with Gasteiger partial charge < -0.3 is 40.0 Å². The molecule has 0 saturated carbocycles. The minimum absolute atomic E-state index is 0. The lowest BCUT2D eigenvalue weighted by Crippen LogP contribution is -2.47. The van der Waals surface area contributed by atoms with Crippen LogP contribution in [-0.4, -0.2) is 156 Å². The number of nitrogens with one attached hydrogen (secondary N) is 3. The van der Waals surface area contributed by atoms with Crippen molar-refractivity contribution < 1.29 is 48.4 Å². The monoisotopic (exact) mass is 1100 g/mol. The van der Waals surface area contributed by atoms with Gasteiger partial charge in [-0.25, -0.2) is 14.8 Å². The average Bonchev–Trinajstić information content (AvgIpc) is 4.02. The van der Waals surface area contributed by atoms with E-state index in [2.05, 4.69) is 15.1 Å². The Morgan fingerprint density at radius 2 is 1.08 bits per heavy atom. The number of alkyl carbamates (subject to hydrolysis) is 1. The summed E-state index contributed by atoms with van der Waals surface area (Å²) in [5, 5.41) is 41.6. The zero-order chi connectivity index (χ0) is 49.9. The van der Waals surface area contributed by atoms with E-state index in [0.29, 0.717) is 50.5 Å². The van der Waals surface area contributed by atoms with Crippen molar-refractivity contribution in [3.05, 3.63) is 70.4 Å². The lowest BCUT2D eigenvalue weighted by molar-refractivity contribution is -0.145. The van der Waals surface area contributed by atoms with Crippen molar-refractivity contribution in [1.82, 2.24) is 25.1 Å². The third kappa shape index (κ3) is 19.4. The van der Waals surface area contributed by atoms with Gasteiger partial charge in [0.25, 0.3) is 0 Å². The van der Waals surface area contributed by atoms with E-state index in [1.165, 1.54) is 22.7 Å². The number of esters is 2. The van der Waals surface area contributed by atoms with Gasteiger partial charge in [0, 0.05) is 84.4 Å². The van der Waals surface area contributed by atoms with Gasteiger partial charge in [0.05, 0.1) is 57.1 Å². The number of aromatic nitrogens is 2. The van der Waals surface area contributed by atoms with E-state index in [1.54, 1.807) is 45.0 Å². The van der Waals surface area contributed by atoms with E-state index in [9.17, 15) is 24.0 Å². The first-order valence-electron chi connectivity index (χ1n) is 22.9. The summed E-state index contributed by atoms with van der Waals surface area (Å²) in [7, 11) is 0. The van der Waals surface area contributed by atoms with E-state index >= 15 is 0 Å². The molecule has 0 aliphatic carbocycles. The smallest absolute Gasteiger partial charge is 0.412 e. The van der Waals surface area contributed by atoms with Crippen LogP contribution in [0.5, 0.6) is 0 Å². The van der Waals surface area contributed by atoms with Crippen LogP contribution in [0.15, 0.2) is 59.3 Å². The van der Waals surface area contributed by atoms with E-state index in [1.807, 2.05) is 44.8 Å². The average molecular weight is 1100 g/mol. The number of amides is 1. The Hall–Kier alpha value is -5.62. The van der Waals surface area contributed by atoms with Crippen molar-refractivity contribution in [2.75, 3.05) is 82.0 Å². The number of nitrogens with zero attached hydrogens (tertiary/aromatic N) is 6. The van der Waals surface area contributed by atoms with Crippen LogP contribution in [0.25, 0.3) is 22.5 Å². The number of rotatable bonds is 21. The van der Waals surface area contributed by atoms with Crippen LogP contribution < -0.4 is 20.9 Å². The molecule has 25 heteroatoms. The summed E-state index contributed by atoms with van der Waals surface area (Å²) in [6, 6.07) is 14.8. The standard InChI is InChI=1S/C27H37N5O6S.C20H25N5O4S.3ClH/c1-4-36-23(33)13-16-32(21-11-14-31(15-12-21)17-24(34)37-5-2)26-29-22(18-39-26)19-7-9-20(10-8-19)25(28)30-27(35)38-6-3;21-19(22)14-3-1-13(2-4-14)16-12-30-20(23-16)25(10-7-17(26)27)15-5-8-24(9-6-15)11-18(28)29;;;/h7-10,18,21H,4-6,11-17H2,1-3H3,(H2,28,30,35);1-4,12,15H,5-11H2,(H3,21,22)(H,26,27)(H,28,29);3*1H. The van der Waals surface area contributed by atoms with Gasteiger partial charge >= 0.3 is 30.0 Å². The summed E-state index contributed by atoms with van der Waals surface area (Å²) in [6.07, 6.45) is 2.80. The number of likely N-dealkylation sites (tertiary alicyclic amines) is 2. The Morgan fingerprint density at radius 1 is 0.653 bits per heavy atom. The number of amidine groups is 2. The minimum atomic E-state index is -0.861. The highest BCUT2D eigenvalue weighted by Gasteiger charge is 2.30. The van der Waals surface area contributed by atoms with Crippen LogP contribution in [0.1, 0.15) is 70.4 Å². The van der Waals surface area contributed by atoms with Crippen LogP contribution in [-0.2, 0) is 33.4 Å². The Bertz CT molecular complexity index is 2360. The number of piperidine rings is 2. The van der Waals surface area contributed by atoms with Crippen molar-refractivity contribution in [3.63, 3.8) is 0 Å². The molecule has 1 amide bonds. The molecule has 7 N–H and O–H groups in total. The molecule has 6 rings (SSSR count). The van der Waals surface area contributed by atoms with Gasteiger partial charge in [0.1, 0.15) is 11.7 Å². The number of carboxylic acid groups (broad SMARTS) is 2. The second kappa shape index (κ2) is 31.8. The maximum Gasteiger partial charge on any atom is 0.412 e. The van der Waals surface area contributed by atoms with Gasteiger partial charge in [-0.1, -0.05) is 48.5 Å². The number of nitrogens with two attached hydrogens (primary N) is 1. The number of carbonyl (C=O) groups excluding carboxylic acids is 3. The fraction of sp³-hybridized carbons (Fsp3) is 0.468. The topological polar surface area (TPSA) is 278 Å². The largest absolute Gasteiger partial charge is 0.481 e. The number of hydrogen-bond acceptors (Lipinski definition) is 18. The first kappa shape index (κ1) is 62.5. The number of ether oxygens (including phenoxy) is 3. The maximum absolute atomic E-state index is 12.1. The molecule has 0 atom stereocenters. The van der Waals surface area contributed by atoms with Crippen molar-refractivity contribution >= 4 is 112 Å². The maximum atomic E-state index is 12.1. The number of carboxylic acids is 2. The van der Waals surface area contributed by atoms with E-state index < -0.39 is 18.0 Å². The quantitative estimate of drug-likeness (QED) is 0.0215. The van der Waals surface area contributed by atoms with Crippen molar-refractivity contribution in [3.8, 4) is 22.5 Å². The fourth-order valence-electron chi connectivity index (χ4n) is 7.92. The second-order valence-corrected chi connectivity index (χ2v) is 17.8. The SMILES string of the molecule is CCOC(=O)CCN(c1nc(-c2ccc(C(=N)NC(=O)OCC)cc2)cs1)C1CCN(CC(=O)OCC)CC1.Cl.Cl.Cl.N=C(N)c1ccc(-c2csc(N(CCC(=O)O)C3CCN(CC(=O)O)CC3)n2)cc1. The van der Waals surface area contributed by atoms with Gasteiger partial charge in [-0.2, -0.15) is 0 Å². The third-order valence-electron chi connectivity index (χ3n) is 11.4. The number of halogens is 3. The molecule has 4 aromatic rings. The summed E-state index contributed by atoms with van der Waals surface area (Å²) in [4.78, 5) is 75.6. The van der Waals surface area contributed by atoms with Gasteiger partial charge in [0.2, 0.25) is 0 Å². The highest BCUT2D eigenvalue weighted by Crippen LogP contribution is 2.33. The highest BCUT2D eigenvalue weighted by atomic mass is 35.5. The van der Waals surface area contributed by atoms with Gasteiger partial charge in [-0.3, -0.25) is 45.1 Å². The third-order valence-corrected chi connectivity index (χ3v) is 13.1. The molecule has 20 nitrogen and oxygen atoms in total. The fourth-order valence-corrected chi connectivity index (χ4v) is 9.78. The van der Waals surface area contributed by atoms with Crippen LogP contribution in [0.2, 0.25) is 0 Å². The number of aliphatic carboxylic acids is 2. The number of anilines is 2. The molecule has 2 aliphatic heterocycles. The lowest BCUT2D eigenvalue weighted by atomic mass is 10.0. The molecular weight excluding hydrogens is 1040 g/mol. The summed E-state index contributed by atoms with van der Waals surface area (Å²) in [6.45, 7) is 10.2. The van der Waals surface area contributed by atoms with E-state index in [4.69, 9.17) is 50.9 Å². The molecule has 0 radical (unpaired) electrons. The molecule has 0 bridgehead atoms. The van der Waals surface area contributed by atoms with Gasteiger partial charge in [0.15, 0.2) is 10.3 Å². The van der Waals surface area contributed by atoms with E-state index in [-0.39, 0.29) is 105 Å². The van der Waals surface area contributed by atoms with Crippen LogP contribution in [0.4, 0.5) is 15.1 Å². The summed E-state index contributed by atoms with van der Waals surface area (Å²) in [5.41, 5.74) is 10.0. The lowest BCUT2D eigenvalue weighted by Gasteiger charge is -2.38. The number of benzene rings is 2. The molecule has 2 fully saturated rings. The summed E-state index contributed by atoms with van der Waals surface area (Å²) < 4.78 is 15.1. The molecule has 2 aliphatic rings. The van der Waals surface area contributed by atoms with Crippen LogP contribution in [0.3, 0.4) is 0 Å². The number of carbonyl (C=O) groups is 5. The van der Waals surface area contributed by atoms with Crippen molar-refractivity contribution in [2.24, 2.45) is 5.73 Å². The first-order chi connectivity index (χ1) is 33.2. The molecule has 396 valence electrons. The molecule has 72 heavy (non-hydrogen) atoms. The molecule has 4 heterocycles. The predicted octanol–water partition coefficient (Wildman–Crippen LogP) is 6.86. The molecule has 0 spiro atoms. The van der Waals surface area contributed by atoms with Crippen molar-refractivity contribution in [2.45, 2.75) is 71.4 Å². The van der Waals surface area contributed by atoms with E-state index in [0.717, 1.165) is 71.6 Å². The number of nitrogen functional groups attached to an aromatic ring is 1. The van der Waals surface area contributed by atoms with Crippen molar-refractivity contribution in [1.29, 1.82) is 10.8 Å². The molecule has 0 unspecified atom stereocenters. The molecule has 2 saturated heterocycles. The van der Waals surface area contributed by atoms with Crippen LogP contribution in [0, 0.1) is 10.8 Å².